The largest absolute Gasteiger partial charge is 0.488 e. The molecule has 7 nitrogen and oxygen atoms in total. The molecule has 1 aromatic carbocycles. The molecule has 0 radical (unpaired) electrons. The molecule has 1 amide bonds. The summed E-state index contributed by atoms with van der Waals surface area (Å²) in [5.74, 6) is 0.517. The Morgan fingerprint density at radius 2 is 1.84 bits per heavy atom. The van der Waals surface area contributed by atoms with Gasteiger partial charge in [-0.25, -0.2) is 22.6 Å². The van der Waals surface area contributed by atoms with Crippen LogP contribution in [0.1, 0.15) is 43.5 Å². The molecule has 1 aromatic heterocycles. The highest BCUT2D eigenvalue weighted by atomic mass is 32.2. The molecular formula is C21H27FN2O5S2. The first-order valence-corrected chi connectivity index (χ1v) is 12.6. The Balaban J connectivity index is 1.56. The third-order valence-electron chi connectivity index (χ3n) is 4.78. The third-order valence-corrected chi connectivity index (χ3v) is 7.06. The van der Waals surface area contributed by atoms with Gasteiger partial charge in [0.1, 0.15) is 23.0 Å². The lowest BCUT2D eigenvalue weighted by atomic mass is 9.94. The van der Waals surface area contributed by atoms with Gasteiger partial charge in [0, 0.05) is 38.4 Å². The van der Waals surface area contributed by atoms with E-state index >= 15 is 4.39 Å². The zero-order valence-electron chi connectivity index (χ0n) is 18.1. The number of amides is 1. The Hall–Kier alpha value is -2.20. The van der Waals surface area contributed by atoms with E-state index in [4.69, 9.17) is 9.47 Å². The number of aromatic nitrogens is 1. The fraction of sp³-hybridized carbons (Fsp3) is 0.524. The molecule has 170 valence electrons. The van der Waals surface area contributed by atoms with E-state index in [-0.39, 0.29) is 37.4 Å². The average Bonchev–Trinajstić information content (AvgIpc) is 3.15. The molecule has 0 saturated carbocycles. The lowest BCUT2D eigenvalue weighted by Crippen LogP contribution is -2.45. The number of piperidine rings is 1. The van der Waals surface area contributed by atoms with Gasteiger partial charge in [0.15, 0.2) is 15.5 Å². The number of hydrogen-bond donors (Lipinski definition) is 0. The summed E-state index contributed by atoms with van der Waals surface area (Å²) in [6, 6.07) is 6.14. The maximum absolute atomic E-state index is 15.5. The number of sulfone groups is 1. The lowest BCUT2D eigenvalue weighted by molar-refractivity contribution is 0.00216. The topological polar surface area (TPSA) is 85.8 Å². The third kappa shape index (κ3) is 6.16. The summed E-state index contributed by atoms with van der Waals surface area (Å²) in [5.41, 5.74) is -2.17. The number of halogens is 1. The van der Waals surface area contributed by atoms with Gasteiger partial charge in [-0.3, -0.25) is 0 Å². The van der Waals surface area contributed by atoms with Gasteiger partial charge in [0.25, 0.3) is 0 Å². The van der Waals surface area contributed by atoms with Gasteiger partial charge in [-0.15, -0.1) is 11.3 Å². The van der Waals surface area contributed by atoms with Crippen LogP contribution in [0.5, 0.6) is 5.75 Å². The molecule has 1 fully saturated rings. The summed E-state index contributed by atoms with van der Waals surface area (Å²) in [6.07, 6.45) is 2.63. The second kappa shape index (κ2) is 8.74. The Bertz CT molecular complexity index is 1020. The summed E-state index contributed by atoms with van der Waals surface area (Å²) >= 11 is 1.24. The van der Waals surface area contributed by atoms with Crippen LogP contribution in [-0.4, -0.2) is 49.3 Å². The van der Waals surface area contributed by atoms with Gasteiger partial charge in [0.05, 0.1) is 9.77 Å². The zero-order chi connectivity index (χ0) is 22.9. The number of likely N-dealkylation sites (tertiary alicyclic amines) is 1. The summed E-state index contributed by atoms with van der Waals surface area (Å²) in [6.45, 7) is 6.14. The van der Waals surface area contributed by atoms with Gasteiger partial charge >= 0.3 is 6.09 Å². The fourth-order valence-corrected chi connectivity index (χ4v) is 4.70. The zero-order valence-corrected chi connectivity index (χ0v) is 19.7. The quantitative estimate of drug-likeness (QED) is 0.647. The fourth-order valence-electron chi connectivity index (χ4n) is 3.10. The van der Waals surface area contributed by atoms with Crippen molar-refractivity contribution in [1.82, 2.24) is 9.88 Å². The van der Waals surface area contributed by atoms with E-state index in [1.165, 1.54) is 28.4 Å². The van der Waals surface area contributed by atoms with Crippen molar-refractivity contribution in [1.29, 1.82) is 0 Å². The van der Waals surface area contributed by atoms with Crippen molar-refractivity contribution in [2.24, 2.45) is 0 Å². The predicted molar refractivity (Wildman–Crippen MR) is 116 cm³/mol. The molecule has 0 bridgehead atoms. The minimum atomic E-state index is -3.26. The number of carbonyl (C=O) groups excluding carboxylic acids is 1. The number of carbonyl (C=O) groups is 1. The number of ether oxygens (including phenoxy) is 2. The van der Waals surface area contributed by atoms with Crippen LogP contribution in [-0.2, 0) is 26.8 Å². The highest BCUT2D eigenvalue weighted by molar-refractivity contribution is 7.90. The molecule has 0 N–H and O–H groups in total. The van der Waals surface area contributed by atoms with Crippen LogP contribution in [0, 0.1) is 0 Å². The van der Waals surface area contributed by atoms with Gasteiger partial charge in [-0.2, -0.15) is 0 Å². The van der Waals surface area contributed by atoms with Gasteiger partial charge in [0.2, 0.25) is 0 Å². The van der Waals surface area contributed by atoms with Crippen molar-refractivity contribution in [3.63, 3.8) is 0 Å². The molecule has 0 spiro atoms. The first-order valence-electron chi connectivity index (χ1n) is 9.91. The minimum Gasteiger partial charge on any atom is -0.488 e. The number of benzene rings is 1. The van der Waals surface area contributed by atoms with Crippen LogP contribution >= 0.6 is 11.3 Å². The van der Waals surface area contributed by atoms with E-state index in [0.29, 0.717) is 10.8 Å². The molecular weight excluding hydrogens is 443 g/mol. The molecule has 1 aliphatic heterocycles. The Morgan fingerprint density at radius 3 is 2.39 bits per heavy atom. The summed E-state index contributed by atoms with van der Waals surface area (Å²) in [5, 5.41) is 0.377. The van der Waals surface area contributed by atoms with Crippen molar-refractivity contribution < 1.29 is 27.1 Å². The highest BCUT2D eigenvalue weighted by Gasteiger charge is 2.41. The molecule has 31 heavy (non-hydrogen) atoms. The van der Waals surface area contributed by atoms with Crippen LogP contribution in [0.4, 0.5) is 9.18 Å². The van der Waals surface area contributed by atoms with E-state index in [2.05, 4.69) is 4.98 Å². The van der Waals surface area contributed by atoms with Gasteiger partial charge < -0.3 is 14.4 Å². The Kier molecular flexibility index (Phi) is 6.61. The van der Waals surface area contributed by atoms with Crippen molar-refractivity contribution in [2.75, 3.05) is 19.3 Å². The van der Waals surface area contributed by atoms with Crippen LogP contribution in [0.15, 0.2) is 35.4 Å². The van der Waals surface area contributed by atoms with Crippen LogP contribution in [0.2, 0.25) is 0 Å². The molecule has 0 aliphatic carbocycles. The normalized spacial score (nSPS) is 16.7. The van der Waals surface area contributed by atoms with E-state index in [1.54, 1.807) is 39.1 Å². The predicted octanol–water partition coefficient (Wildman–Crippen LogP) is 4.32. The molecule has 10 heteroatoms. The molecule has 2 heterocycles. The van der Waals surface area contributed by atoms with Gasteiger partial charge in [-0.1, -0.05) is 0 Å². The van der Waals surface area contributed by atoms with Crippen LogP contribution in [0.25, 0.3) is 0 Å². The smallest absolute Gasteiger partial charge is 0.410 e. The number of thiazole rings is 1. The summed E-state index contributed by atoms with van der Waals surface area (Å²) < 4.78 is 49.5. The minimum absolute atomic E-state index is 0.160. The molecule has 0 unspecified atom stereocenters. The van der Waals surface area contributed by atoms with Gasteiger partial charge in [-0.05, 0) is 45.0 Å². The second-order valence-electron chi connectivity index (χ2n) is 8.60. The maximum atomic E-state index is 15.5. The van der Waals surface area contributed by atoms with Crippen LogP contribution < -0.4 is 4.74 Å². The van der Waals surface area contributed by atoms with E-state index in [9.17, 15) is 13.2 Å². The second-order valence-corrected chi connectivity index (χ2v) is 11.7. The van der Waals surface area contributed by atoms with Crippen LogP contribution in [0.3, 0.4) is 0 Å². The van der Waals surface area contributed by atoms with Crippen molar-refractivity contribution >= 4 is 27.3 Å². The van der Waals surface area contributed by atoms with E-state index < -0.39 is 27.2 Å². The summed E-state index contributed by atoms with van der Waals surface area (Å²) in [7, 11) is -3.26. The molecule has 0 atom stereocenters. The Labute approximate surface area is 186 Å². The monoisotopic (exact) mass is 470 g/mol. The molecule has 1 aliphatic rings. The average molecular weight is 471 g/mol. The Morgan fingerprint density at radius 1 is 1.23 bits per heavy atom. The molecule has 3 rings (SSSR count). The number of rotatable bonds is 5. The number of nitrogens with zero attached hydrogens (tertiary/aromatic N) is 2. The van der Waals surface area contributed by atoms with Crippen molar-refractivity contribution in [3.05, 3.63) is 40.3 Å². The standard InChI is InChI=1S/C21H27FN2O5S2/c1-20(2,3)29-19(25)24-11-9-21(22,10-12-24)18-23-13-16(30-18)14-28-15-5-7-17(8-6-15)31(4,26)27/h5-8,13H,9-12,14H2,1-4H3. The number of alkyl halides is 1. The summed E-state index contributed by atoms with van der Waals surface area (Å²) in [4.78, 5) is 18.9. The maximum Gasteiger partial charge on any atom is 0.410 e. The number of hydrogen-bond acceptors (Lipinski definition) is 7. The van der Waals surface area contributed by atoms with E-state index in [0.717, 1.165) is 11.1 Å². The molecule has 1 saturated heterocycles. The lowest BCUT2D eigenvalue weighted by Gasteiger charge is -2.36. The first kappa shape index (κ1) is 23.5. The van der Waals surface area contributed by atoms with Crippen molar-refractivity contribution in [2.45, 2.75) is 56.4 Å². The molecule has 2 aromatic rings. The first-order chi connectivity index (χ1) is 14.4. The SMILES string of the molecule is CC(C)(C)OC(=O)N1CCC(F)(c2ncc(COc3ccc(S(C)(=O)=O)cc3)s2)CC1. The van der Waals surface area contributed by atoms with E-state index in [1.807, 2.05) is 0 Å². The highest BCUT2D eigenvalue weighted by Crippen LogP contribution is 2.39. The van der Waals surface area contributed by atoms with Crippen molar-refractivity contribution in [3.8, 4) is 5.75 Å².